The molecule has 0 aromatic heterocycles. The molecule has 2 aromatic rings. The Morgan fingerprint density at radius 3 is 2.77 bits per heavy atom. The van der Waals surface area contributed by atoms with Crippen molar-refractivity contribution in [1.82, 2.24) is 10.6 Å². The quantitative estimate of drug-likeness (QED) is 0.366. The number of carbonyl (C=O) groups is 2. The predicted octanol–water partition coefficient (Wildman–Crippen LogP) is 4.58. The van der Waals surface area contributed by atoms with Gasteiger partial charge in [0, 0.05) is 25.2 Å². The third-order valence-electron chi connectivity index (χ3n) is 5.49. The number of hydrogen-bond donors (Lipinski definition) is 2. The van der Waals surface area contributed by atoms with Gasteiger partial charge < -0.3 is 15.4 Å². The van der Waals surface area contributed by atoms with Crippen LogP contribution in [0.3, 0.4) is 0 Å². The molecule has 0 bridgehead atoms. The summed E-state index contributed by atoms with van der Waals surface area (Å²) in [5.74, 6) is 2.13. The average molecular weight is 479 g/mol. The molecular formula is C27H31FN4O3. The number of amides is 2. The van der Waals surface area contributed by atoms with Gasteiger partial charge in [0.25, 0.3) is 0 Å². The summed E-state index contributed by atoms with van der Waals surface area (Å²) in [5, 5.41) is 5.82. The van der Waals surface area contributed by atoms with Crippen molar-refractivity contribution in [3.63, 3.8) is 0 Å². The Kier molecular flexibility index (Phi) is 9.63. The van der Waals surface area contributed by atoms with E-state index >= 15 is 0 Å². The molecule has 1 heterocycles. The molecule has 2 amide bonds. The number of halogens is 1. The fraction of sp³-hybridized carbons (Fsp3) is 0.333. The minimum absolute atomic E-state index is 0.197. The summed E-state index contributed by atoms with van der Waals surface area (Å²) >= 11 is 0. The van der Waals surface area contributed by atoms with E-state index in [0.29, 0.717) is 11.3 Å². The van der Waals surface area contributed by atoms with Gasteiger partial charge >= 0.3 is 6.09 Å². The van der Waals surface area contributed by atoms with Crippen LogP contribution in [-0.2, 0) is 16.0 Å². The molecule has 2 N–H and O–H groups in total. The molecule has 2 aromatic carbocycles. The number of unbranched alkanes of at least 4 members (excludes halogenated alkanes) is 1. The van der Waals surface area contributed by atoms with Crippen molar-refractivity contribution >= 4 is 23.6 Å². The van der Waals surface area contributed by atoms with Crippen molar-refractivity contribution in [3.05, 3.63) is 72.3 Å². The summed E-state index contributed by atoms with van der Waals surface area (Å²) in [4.78, 5) is 28.6. The van der Waals surface area contributed by atoms with Crippen LogP contribution >= 0.6 is 0 Å². The van der Waals surface area contributed by atoms with Crippen molar-refractivity contribution in [3.8, 4) is 11.1 Å². The van der Waals surface area contributed by atoms with Crippen molar-refractivity contribution in [2.24, 2.45) is 4.99 Å². The van der Waals surface area contributed by atoms with Crippen LogP contribution in [0.4, 0.5) is 14.9 Å². The van der Waals surface area contributed by atoms with E-state index in [0.717, 1.165) is 31.4 Å². The first-order valence-corrected chi connectivity index (χ1v) is 11.7. The van der Waals surface area contributed by atoms with Crippen LogP contribution in [-0.4, -0.2) is 43.6 Å². The highest BCUT2D eigenvalue weighted by Gasteiger charge is 2.32. The van der Waals surface area contributed by atoms with Gasteiger partial charge in [-0.1, -0.05) is 24.3 Å². The first-order valence-electron chi connectivity index (χ1n) is 11.7. The van der Waals surface area contributed by atoms with Crippen molar-refractivity contribution in [2.45, 2.75) is 39.2 Å². The second-order valence-electron chi connectivity index (χ2n) is 8.19. The lowest BCUT2D eigenvalue weighted by Gasteiger charge is -2.15. The molecule has 7 nitrogen and oxygen atoms in total. The first-order chi connectivity index (χ1) is 17.0. The van der Waals surface area contributed by atoms with E-state index in [4.69, 9.17) is 4.74 Å². The highest BCUT2D eigenvalue weighted by molar-refractivity contribution is 5.90. The van der Waals surface area contributed by atoms with Crippen LogP contribution in [0.25, 0.3) is 11.1 Å². The second kappa shape index (κ2) is 13.1. The molecule has 0 spiro atoms. The number of nitrogens with zero attached hydrogens (tertiary/aromatic N) is 2. The normalized spacial score (nSPS) is 15.0. The highest BCUT2D eigenvalue weighted by atomic mass is 19.1. The van der Waals surface area contributed by atoms with E-state index in [1.54, 1.807) is 24.4 Å². The molecule has 1 fully saturated rings. The molecule has 1 saturated heterocycles. The number of allylic oxidation sites excluding steroid dienone is 1. The number of benzene rings is 2. The van der Waals surface area contributed by atoms with Gasteiger partial charge in [0.1, 0.15) is 11.9 Å². The Labute approximate surface area is 205 Å². The van der Waals surface area contributed by atoms with Gasteiger partial charge in [-0.3, -0.25) is 9.69 Å². The van der Waals surface area contributed by atoms with Gasteiger partial charge in [-0.2, -0.15) is 0 Å². The number of hydrogen-bond acceptors (Lipinski definition) is 5. The predicted molar refractivity (Wildman–Crippen MR) is 136 cm³/mol. The Hall–Kier alpha value is -3.90. The summed E-state index contributed by atoms with van der Waals surface area (Å²) < 4.78 is 20.2. The van der Waals surface area contributed by atoms with Gasteiger partial charge in [-0.15, -0.1) is 0 Å². The Balaban J connectivity index is 1.51. The molecule has 0 radical (unpaired) electrons. The zero-order chi connectivity index (χ0) is 25.0. The number of aryl methyl sites for hydroxylation is 1. The van der Waals surface area contributed by atoms with Gasteiger partial charge in [-0.05, 0) is 67.5 Å². The molecule has 3 rings (SSSR count). The molecule has 0 saturated carbocycles. The molecular weight excluding hydrogens is 447 g/mol. The van der Waals surface area contributed by atoms with Crippen LogP contribution in [0.1, 0.15) is 32.3 Å². The summed E-state index contributed by atoms with van der Waals surface area (Å²) in [6.07, 6.45) is 7.22. The maximum atomic E-state index is 14.9. The molecule has 8 heteroatoms. The van der Waals surface area contributed by atoms with Gasteiger partial charge in [0.05, 0.1) is 25.0 Å². The molecule has 1 atom stereocenters. The van der Waals surface area contributed by atoms with Gasteiger partial charge in [-0.25, -0.2) is 14.2 Å². The van der Waals surface area contributed by atoms with Crippen LogP contribution in [0.5, 0.6) is 0 Å². The number of ether oxygens (including phenoxy) is 1. The maximum absolute atomic E-state index is 14.9. The van der Waals surface area contributed by atoms with Crippen molar-refractivity contribution in [1.29, 1.82) is 0 Å². The lowest BCUT2D eigenvalue weighted by Crippen LogP contribution is -2.33. The van der Waals surface area contributed by atoms with E-state index in [9.17, 15) is 14.0 Å². The monoisotopic (exact) mass is 478 g/mol. The molecule has 1 aliphatic heterocycles. The summed E-state index contributed by atoms with van der Waals surface area (Å²) in [5.41, 5.74) is 2.87. The fourth-order valence-corrected chi connectivity index (χ4v) is 3.70. The van der Waals surface area contributed by atoms with E-state index < -0.39 is 18.0 Å². The lowest BCUT2D eigenvalue weighted by atomic mass is 10.0. The Bertz CT molecular complexity index is 1110. The number of cyclic esters (lactones) is 1. The zero-order valence-corrected chi connectivity index (χ0v) is 20.1. The largest absolute Gasteiger partial charge is 0.442 e. The summed E-state index contributed by atoms with van der Waals surface area (Å²) in [6, 6.07) is 12.6. The number of nitrogens with one attached hydrogen (secondary N) is 2. The minimum atomic E-state index is -0.551. The fourth-order valence-electron chi connectivity index (χ4n) is 3.70. The third-order valence-corrected chi connectivity index (χ3v) is 5.49. The van der Waals surface area contributed by atoms with Crippen molar-refractivity contribution < 1.29 is 18.7 Å². The Morgan fingerprint density at radius 1 is 1.26 bits per heavy atom. The maximum Gasteiger partial charge on any atom is 0.414 e. The summed E-state index contributed by atoms with van der Waals surface area (Å²) in [6.45, 7) is 4.62. The molecule has 184 valence electrons. The SMILES string of the molecule is CC=C=N/C=C\NCCCCc1ccc(-c2ccc(N3C[C@H](CNC(C)=O)OC3=O)cc2F)cc1. The van der Waals surface area contributed by atoms with Gasteiger partial charge in [0.2, 0.25) is 5.91 Å². The molecule has 1 aliphatic rings. The van der Waals surface area contributed by atoms with Crippen molar-refractivity contribution in [2.75, 3.05) is 24.5 Å². The van der Waals surface area contributed by atoms with E-state index in [1.165, 1.54) is 23.5 Å². The van der Waals surface area contributed by atoms with E-state index in [2.05, 4.69) is 21.5 Å². The van der Waals surface area contributed by atoms with Crippen LogP contribution in [0.2, 0.25) is 0 Å². The number of anilines is 1. The Morgan fingerprint density at radius 2 is 2.06 bits per heavy atom. The third kappa shape index (κ3) is 7.83. The second-order valence-corrected chi connectivity index (χ2v) is 8.19. The molecule has 0 aliphatic carbocycles. The summed E-state index contributed by atoms with van der Waals surface area (Å²) in [7, 11) is 0. The number of carbonyl (C=O) groups excluding carboxylic acids is 2. The minimum Gasteiger partial charge on any atom is -0.442 e. The molecule has 0 unspecified atom stereocenters. The lowest BCUT2D eigenvalue weighted by molar-refractivity contribution is -0.119. The van der Waals surface area contributed by atoms with Gasteiger partial charge in [0.15, 0.2) is 0 Å². The number of rotatable bonds is 11. The molecule has 35 heavy (non-hydrogen) atoms. The standard InChI is InChI=1S/C27H31FN4O3/c1-3-13-29-15-16-30-14-5-4-6-21-7-9-22(10-8-21)25-12-11-23(17-26(25)28)32-19-24(35-27(32)34)18-31-20(2)33/h3,7-12,15-17,24,30H,4-6,14,18-19H2,1-2H3,(H,31,33)/b16-15-/t24-/m0/s1. The topological polar surface area (TPSA) is 83.0 Å². The van der Waals surface area contributed by atoms with E-state index in [-0.39, 0.29) is 19.0 Å². The average Bonchev–Trinajstić information content (AvgIpc) is 3.22. The number of aliphatic imine (C=N–C) groups is 1. The van der Waals surface area contributed by atoms with Crippen LogP contribution in [0, 0.1) is 5.82 Å². The van der Waals surface area contributed by atoms with Crippen LogP contribution < -0.4 is 15.5 Å². The first kappa shape index (κ1) is 25.7. The van der Waals surface area contributed by atoms with E-state index in [1.807, 2.05) is 37.4 Å². The van der Waals surface area contributed by atoms with Crippen LogP contribution in [0.15, 0.2) is 65.9 Å². The zero-order valence-electron chi connectivity index (χ0n) is 20.1. The highest BCUT2D eigenvalue weighted by Crippen LogP contribution is 2.29. The smallest absolute Gasteiger partial charge is 0.414 e.